The molecule has 86 valence electrons. The molecule has 3 nitrogen and oxygen atoms in total. The number of rotatable bonds is 3. The van der Waals surface area contributed by atoms with E-state index in [9.17, 15) is 4.79 Å². The van der Waals surface area contributed by atoms with Crippen LogP contribution in [0, 0.1) is 5.92 Å². The van der Waals surface area contributed by atoms with Gasteiger partial charge in [-0.05, 0) is 25.7 Å². The number of carbonyl (C=O) groups excluding carboxylic acids is 1. The van der Waals surface area contributed by atoms with Gasteiger partial charge in [0.25, 0.3) is 0 Å². The van der Waals surface area contributed by atoms with E-state index in [4.69, 9.17) is 5.73 Å². The van der Waals surface area contributed by atoms with Crippen molar-refractivity contribution in [3.05, 3.63) is 0 Å². The molecule has 2 aliphatic rings. The molecule has 0 atom stereocenters. The van der Waals surface area contributed by atoms with E-state index in [1.54, 1.807) is 0 Å². The van der Waals surface area contributed by atoms with Crippen molar-refractivity contribution in [1.82, 2.24) is 5.32 Å². The summed E-state index contributed by atoms with van der Waals surface area (Å²) in [5, 5.41) is 3.03. The predicted molar refractivity (Wildman–Crippen MR) is 60.4 cm³/mol. The molecule has 2 rings (SSSR count). The Morgan fingerprint density at radius 1 is 1.20 bits per heavy atom. The number of carbonyl (C=O) groups is 1. The van der Waals surface area contributed by atoms with Crippen molar-refractivity contribution in [3.8, 4) is 0 Å². The van der Waals surface area contributed by atoms with Gasteiger partial charge in [0.1, 0.15) is 0 Å². The second-order valence-electron chi connectivity index (χ2n) is 5.27. The van der Waals surface area contributed by atoms with E-state index in [-0.39, 0.29) is 17.4 Å². The molecule has 2 saturated carbocycles. The third-order valence-corrected chi connectivity index (χ3v) is 3.94. The van der Waals surface area contributed by atoms with Gasteiger partial charge in [0, 0.05) is 18.0 Å². The van der Waals surface area contributed by atoms with E-state index in [0.717, 1.165) is 25.7 Å². The molecule has 0 unspecified atom stereocenters. The van der Waals surface area contributed by atoms with Crippen LogP contribution in [0.4, 0.5) is 0 Å². The molecule has 2 fully saturated rings. The summed E-state index contributed by atoms with van der Waals surface area (Å²) in [7, 11) is 0. The third-order valence-electron chi connectivity index (χ3n) is 3.94. The maximum absolute atomic E-state index is 11.6. The largest absolute Gasteiger partial charge is 0.354 e. The first-order valence-electron chi connectivity index (χ1n) is 6.26. The Labute approximate surface area is 91.8 Å². The summed E-state index contributed by atoms with van der Waals surface area (Å²) in [5.41, 5.74) is 6.14. The molecule has 0 aliphatic heterocycles. The minimum Gasteiger partial charge on any atom is -0.354 e. The number of amides is 1. The number of hydrogen-bond acceptors (Lipinski definition) is 2. The molecule has 1 amide bonds. The molecule has 0 aromatic rings. The monoisotopic (exact) mass is 210 g/mol. The zero-order valence-electron chi connectivity index (χ0n) is 9.43. The van der Waals surface area contributed by atoms with Gasteiger partial charge < -0.3 is 11.1 Å². The molecule has 2 aliphatic carbocycles. The van der Waals surface area contributed by atoms with Crippen molar-refractivity contribution >= 4 is 5.91 Å². The Balaban J connectivity index is 1.73. The van der Waals surface area contributed by atoms with Crippen molar-refractivity contribution < 1.29 is 4.79 Å². The maximum Gasteiger partial charge on any atom is 0.223 e. The Morgan fingerprint density at radius 2 is 1.87 bits per heavy atom. The van der Waals surface area contributed by atoms with Gasteiger partial charge in [-0.3, -0.25) is 4.79 Å². The third kappa shape index (κ3) is 2.71. The maximum atomic E-state index is 11.6. The zero-order valence-corrected chi connectivity index (χ0v) is 9.43. The van der Waals surface area contributed by atoms with E-state index >= 15 is 0 Å². The van der Waals surface area contributed by atoms with Gasteiger partial charge in [-0.1, -0.05) is 25.7 Å². The van der Waals surface area contributed by atoms with Crippen molar-refractivity contribution in [2.75, 3.05) is 6.54 Å². The molecule has 0 spiro atoms. The van der Waals surface area contributed by atoms with E-state index in [1.807, 2.05) is 0 Å². The molecule has 3 heteroatoms. The standard InChI is InChI=1S/C12H22N2O/c13-12(7-2-1-3-8-12)9-14-11(15)10-5-4-6-10/h10H,1-9,13H2,(H,14,15). The fourth-order valence-electron chi connectivity index (χ4n) is 2.51. The number of nitrogens with two attached hydrogens (primary N) is 1. The van der Waals surface area contributed by atoms with Crippen LogP contribution in [0.15, 0.2) is 0 Å². The van der Waals surface area contributed by atoms with Crippen molar-refractivity contribution in [2.24, 2.45) is 11.7 Å². The highest BCUT2D eigenvalue weighted by Gasteiger charge is 2.30. The molecule has 15 heavy (non-hydrogen) atoms. The quantitative estimate of drug-likeness (QED) is 0.743. The summed E-state index contributed by atoms with van der Waals surface area (Å²) >= 11 is 0. The Hall–Kier alpha value is -0.570. The van der Waals surface area contributed by atoms with Gasteiger partial charge in [-0.25, -0.2) is 0 Å². The van der Waals surface area contributed by atoms with Crippen LogP contribution in [-0.4, -0.2) is 18.0 Å². The highest BCUT2D eigenvalue weighted by molar-refractivity contribution is 5.79. The SMILES string of the molecule is NC1(CNC(=O)C2CCC2)CCCCC1. The lowest BCUT2D eigenvalue weighted by Crippen LogP contribution is -2.52. The molecule has 0 aromatic carbocycles. The first-order chi connectivity index (χ1) is 7.20. The van der Waals surface area contributed by atoms with Crippen LogP contribution in [-0.2, 0) is 4.79 Å². The average Bonchev–Trinajstić information content (AvgIpc) is 2.14. The van der Waals surface area contributed by atoms with Crippen LogP contribution in [0.1, 0.15) is 51.4 Å². The zero-order chi connectivity index (χ0) is 10.7. The molecule has 3 N–H and O–H groups in total. The van der Waals surface area contributed by atoms with Crippen LogP contribution < -0.4 is 11.1 Å². The lowest BCUT2D eigenvalue weighted by atomic mass is 9.81. The summed E-state index contributed by atoms with van der Waals surface area (Å²) in [6, 6.07) is 0. The predicted octanol–water partition coefficient (Wildman–Crippen LogP) is 1.56. The lowest BCUT2D eigenvalue weighted by Gasteiger charge is -2.34. The lowest BCUT2D eigenvalue weighted by molar-refractivity contribution is -0.127. The summed E-state index contributed by atoms with van der Waals surface area (Å²) in [4.78, 5) is 11.6. The van der Waals surface area contributed by atoms with Gasteiger partial charge in [-0.2, -0.15) is 0 Å². The van der Waals surface area contributed by atoms with Gasteiger partial charge in [0.2, 0.25) is 5.91 Å². The van der Waals surface area contributed by atoms with Gasteiger partial charge in [0.15, 0.2) is 0 Å². The van der Waals surface area contributed by atoms with E-state index in [2.05, 4.69) is 5.32 Å². The Kier molecular flexibility index (Phi) is 3.29. The first kappa shape index (κ1) is 10.9. The summed E-state index contributed by atoms with van der Waals surface area (Å²) in [6.07, 6.45) is 9.23. The molecular weight excluding hydrogens is 188 g/mol. The van der Waals surface area contributed by atoms with Gasteiger partial charge in [-0.15, -0.1) is 0 Å². The molecule has 0 aromatic heterocycles. The normalized spacial score (nSPS) is 25.7. The Morgan fingerprint density at radius 3 is 2.40 bits per heavy atom. The van der Waals surface area contributed by atoms with Crippen LogP contribution in [0.2, 0.25) is 0 Å². The summed E-state index contributed by atoms with van der Waals surface area (Å²) in [6.45, 7) is 0.683. The fraction of sp³-hybridized carbons (Fsp3) is 0.917. The molecule has 0 heterocycles. The number of hydrogen-bond donors (Lipinski definition) is 2. The van der Waals surface area contributed by atoms with Crippen LogP contribution in [0.5, 0.6) is 0 Å². The van der Waals surface area contributed by atoms with Crippen molar-refractivity contribution in [3.63, 3.8) is 0 Å². The first-order valence-corrected chi connectivity index (χ1v) is 6.26. The van der Waals surface area contributed by atoms with Crippen LogP contribution in [0.25, 0.3) is 0 Å². The van der Waals surface area contributed by atoms with E-state index in [1.165, 1.54) is 25.7 Å². The van der Waals surface area contributed by atoms with E-state index in [0.29, 0.717) is 6.54 Å². The number of nitrogens with one attached hydrogen (secondary N) is 1. The smallest absolute Gasteiger partial charge is 0.223 e. The minimum absolute atomic E-state index is 0.113. The minimum atomic E-state index is -0.113. The van der Waals surface area contributed by atoms with Crippen LogP contribution >= 0.6 is 0 Å². The molecule has 0 radical (unpaired) electrons. The molecular formula is C12H22N2O. The topological polar surface area (TPSA) is 55.1 Å². The molecule has 0 bridgehead atoms. The van der Waals surface area contributed by atoms with Crippen molar-refractivity contribution in [1.29, 1.82) is 0 Å². The van der Waals surface area contributed by atoms with Gasteiger partial charge >= 0.3 is 0 Å². The summed E-state index contributed by atoms with van der Waals surface area (Å²) in [5.74, 6) is 0.522. The Bertz CT molecular complexity index is 230. The van der Waals surface area contributed by atoms with Crippen molar-refractivity contribution in [2.45, 2.75) is 56.9 Å². The average molecular weight is 210 g/mol. The highest BCUT2D eigenvalue weighted by Crippen LogP contribution is 2.28. The second-order valence-corrected chi connectivity index (χ2v) is 5.27. The highest BCUT2D eigenvalue weighted by atomic mass is 16.1. The van der Waals surface area contributed by atoms with Crippen LogP contribution in [0.3, 0.4) is 0 Å². The van der Waals surface area contributed by atoms with E-state index < -0.39 is 0 Å². The molecule has 0 saturated heterocycles. The second kappa shape index (κ2) is 4.52. The van der Waals surface area contributed by atoms with Gasteiger partial charge in [0.05, 0.1) is 0 Å². The summed E-state index contributed by atoms with van der Waals surface area (Å²) < 4.78 is 0. The fourth-order valence-corrected chi connectivity index (χ4v) is 2.51.